The molecule has 37 heavy (non-hydrogen) atoms. The normalized spacial score (nSPS) is 14.0. The molecule has 1 aliphatic rings. The highest BCUT2D eigenvalue weighted by Gasteiger charge is 2.40. The summed E-state index contributed by atoms with van der Waals surface area (Å²) >= 11 is 5.61. The Hall–Kier alpha value is -4.68. The maximum Gasteiger partial charge on any atom is 0.325 e. The van der Waals surface area contributed by atoms with E-state index in [9.17, 15) is 14.9 Å². The second-order valence-corrected chi connectivity index (χ2v) is 8.27. The van der Waals surface area contributed by atoms with E-state index in [-0.39, 0.29) is 24.0 Å². The Labute approximate surface area is 219 Å². The molecule has 0 radical (unpaired) electrons. The molecule has 8 nitrogen and oxygen atoms in total. The van der Waals surface area contributed by atoms with Gasteiger partial charge in [-0.1, -0.05) is 36.4 Å². The Morgan fingerprint density at radius 1 is 1.03 bits per heavy atom. The van der Waals surface area contributed by atoms with Crippen molar-refractivity contribution in [3.05, 3.63) is 95.2 Å². The summed E-state index contributed by atoms with van der Waals surface area (Å²) in [5.74, 6) is 0.189. The molecule has 0 spiro atoms. The number of esters is 1. The fourth-order valence-electron chi connectivity index (χ4n) is 3.77. The molecule has 0 aliphatic carbocycles. The van der Waals surface area contributed by atoms with Gasteiger partial charge in [0.15, 0.2) is 5.11 Å². The van der Waals surface area contributed by atoms with Gasteiger partial charge < -0.3 is 19.1 Å². The number of carbonyl (C=O) groups excluding carboxylic acids is 2. The predicted molar refractivity (Wildman–Crippen MR) is 142 cm³/mol. The van der Waals surface area contributed by atoms with E-state index in [1.54, 1.807) is 61.7 Å². The molecule has 1 fully saturated rings. The van der Waals surface area contributed by atoms with Crippen LogP contribution in [0.4, 0.5) is 5.69 Å². The smallest absolute Gasteiger partial charge is 0.325 e. The molecule has 1 heterocycles. The quantitative estimate of drug-likeness (QED) is 0.250. The topological polar surface area (TPSA) is 92.1 Å². The van der Waals surface area contributed by atoms with Crippen LogP contribution in [0.15, 0.2) is 78.5 Å². The van der Waals surface area contributed by atoms with Gasteiger partial charge in [0.1, 0.15) is 30.3 Å². The Morgan fingerprint density at radius 2 is 1.73 bits per heavy atom. The highest BCUT2D eigenvalue weighted by molar-refractivity contribution is 7.80. The molecule has 0 unspecified atom stereocenters. The van der Waals surface area contributed by atoms with Gasteiger partial charge in [0.05, 0.1) is 31.5 Å². The summed E-state index contributed by atoms with van der Waals surface area (Å²) in [7, 11) is 2.83. The minimum atomic E-state index is -0.546. The summed E-state index contributed by atoms with van der Waals surface area (Å²) in [6.07, 6.45) is 1.63. The van der Waals surface area contributed by atoms with Crippen molar-refractivity contribution in [1.82, 2.24) is 4.90 Å². The van der Waals surface area contributed by atoms with Crippen molar-refractivity contribution in [3.8, 4) is 17.6 Å². The molecule has 0 aromatic heterocycles. The minimum Gasteiger partial charge on any atom is -0.497 e. The lowest BCUT2D eigenvalue weighted by atomic mass is 10.1. The number of nitrogens with zero attached hydrogens (tertiary/aromatic N) is 3. The number of hydrogen-bond acceptors (Lipinski definition) is 7. The Morgan fingerprint density at radius 3 is 2.43 bits per heavy atom. The number of benzene rings is 3. The van der Waals surface area contributed by atoms with Crippen molar-refractivity contribution in [1.29, 1.82) is 5.26 Å². The van der Waals surface area contributed by atoms with Crippen LogP contribution in [0.2, 0.25) is 0 Å². The summed E-state index contributed by atoms with van der Waals surface area (Å²) in [5.41, 5.74) is 2.60. The number of ether oxygens (including phenoxy) is 3. The van der Waals surface area contributed by atoms with E-state index in [1.165, 1.54) is 16.9 Å². The van der Waals surface area contributed by atoms with E-state index in [0.29, 0.717) is 28.3 Å². The van der Waals surface area contributed by atoms with Crippen molar-refractivity contribution >= 4 is 41.0 Å². The number of rotatable bonds is 8. The summed E-state index contributed by atoms with van der Waals surface area (Å²) in [6.45, 7) is -0.0712. The largest absolute Gasteiger partial charge is 0.497 e. The molecular formula is C28H23N3O5S. The first kappa shape index (κ1) is 25.4. The molecule has 0 N–H and O–H groups in total. The average molecular weight is 514 g/mol. The number of nitriles is 1. The molecule has 1 amide bonds. The SMILES string of the molecule is COC(=O)CN1C(=S)N(c2ccc(OC)cc2)C(=O)/C1=C/c1ccccc1OCc1ccccc1C#N. The van der Waals surface area contributed by atoms with Crippen LogP contribution in [0.25, 0.3) is 6.08 Å². The van der Waals surface area contributed by atoms with Crippen LogP contribution >= 0.6 is 12.2 Å². The van der Waals surface area contributed by atoms with Crippen LogP contribution < -0.4 is 14.4 Å². The second-order valence-electron chi connectivity index (χ2n) is 7.91. The first-order valence-electron chi connectivity index (χ1n) is 11.2. The molecule has 9 heteroatoms. The molecule has 1 aliphatic heterocycles. The van der Waals surface area contributed by atoms with Crippen LogP contribution in [-0.2, 0) is 20.9 Å². The third-order valence-corrected chi connectivity index (χ3v) is 6.12. The fraction of sp³-hybridized carbons (Fsp3) is 0.143. The van der Waals surface area contributed by atoms with E-state index >= 15 is 0 Å². The van der Waals surface area contributed by atoms with Crippen molar-refractivity contribution in [2.45, 2.75) is 6.61 Å². The predicted octanol–water partition coefficient (Wildman–Crippen LogP) is 4.29. The molecule has 0 atom stereocenters. The van der Waals surface area contributed by atoms with Gasteiger partial charge in [0.2, 0.25) is 0 Å². The molecule has 0 bridgehead atoms. The van der Waals surface area contributed by atoms with Gasteiger partial charge in [-0.2, -0.15) is 5.26 Å². The number of amides is 1. The van der Waals surface area contributed by atoms with E-state index in [2.05, 4.69) is 6.07 Å². The summed E-state index contributed by atoms with van der Waals surface area (Å²) in [6, 6.07) is 23.4. The van der Waals surface area contributed by atoms with E-state index < -0.39 is 11.9 Å². The minimum absolute atomic E-state index is 0.146. The Kier molecular flexibility index (Phi) is 7.81. The lowest BCUT2D eigenvalue weighted by Gasteiger charge is -2.19. The third-order valence-electron chi connectivity index (χ3n) is 5.71. The highest BCUT2D eigenvalue weighted by atomic mass is 32.1. The fourth-order valence-corrected chi connectivity index (χ4v) is 4.13. The van der Waals surface area contributed by atoms with Crippen molar-refractivity contribution < 1.29 is 23.8 Å². The summed E-state index contributed by atoms with van der Waals surface area (Å²) < 4.78 is 16.1. The molecule has 3 aromatic rings. The van der Waals surface area contributed by atoms with Crippen molar-refractivity contribution in [2.75, 3.05) is 25.7 Å². The van der Waals surface area contributed by atoms with Crippen LogP contribution in [0.1, 0.15) is 16.7 Å². The standard InChI is InChI=1S/C28H23N3O5S/c1-34-23-13-11-22(12-14-23)31-27(33)24(30(28(31)37)17-26(32)35-2)15-19-7-5-6-10-25(19)36-18-21-9-4-3-8-20(21)16-29/h3-15H,17-18H2,1-2H3/b24-15-. The number of para-hydroxylation sites is 1. The molecule has 186 valence electrons. The number of methoxy groups -OCH3 is 2. The van der Waals surface area contributed by atoms with Crippen molar-refractivity contribution in [3.63, 3.8) is 0 Å². The van der Waals surface area contributed by atoms with E-state index in [4.69, 9.17) is 26.4 Å². The third kappa shape index (κ3) is 5.44. The average Bonchev–Trinajstić information content (AvgIpc) is 3.16. The molecule has 1 saturated heterocycles. The number of anilines is 1. The van der Waals surface area contributed by atoms with Crippen LogP contribution in [0.3, 0.4) is 0 Å². The lowest BCUT2D eigenvalue weighted by molar-refractivity contribution is -0.140. The zero-order valence-corrected chi connectivity index (χ0v) is 21.0. The first-order valence-corrected chi connectivity index (χ1v) is 11.7. The number of carbonyl (C=O) groups is 2. The lowest BCUT2D eigenvalue weighted by Crippen LogP contribution is -2.35. The van der Waals surface area contributed by atoms with Gasteiger partial charge in [0.25, 0.3) is 5.91 Å². The second kappa shape index (κ2) is 11.4. The maximum atomic E-state index is 13.6. The van der Waals surface area contributed by atoms with Gasteiger partial charge in [-0.3, -0.25) is 14.5 Å². The molecule has 0 saturated carbocycles. The molecule has 3 aromatic carbocycles. The number of thiocarbonyl (C=S) groups is 1. The van der Waals surface area contributed by atoms with Gasteiger partial charge >= 0.3 is 5.97 Å². The molecule has 4 rings (SSSR count). The highest BCUT2D eigenvalue weighted by Crippen LogP contribution is 2.32. The van der Waals surface area contributed by atoms with Crippen molar-refractivity contribution in [2.24, 2.45) is 0 Å². The molecular weight excluding hydrogens is 490 g/mol. The number of hydrogen-bond donors (Lipinski definition) is 0. The van der Waals surface area contributed by atoms with Crippen LogP contribution in [0.5, 0.6) is 11.5 Å². The van der Waals surface area contributed by atoms with Gasteiger partial charge in [-0.05, 0) is 54.7 Å². The zero-order chi connectivity index (χ0) is 26.4. The van der Waals surface area contributed by atoms with Gasteiger partial charge in [0, 0.05) is 11.1 Å². The summed E-state index contributed by atoms with van der Waals surface area (Å²) in [4.78, 5) is 28.6. The Balaban J connectivity index is 1.69. The first-order chi connectivity index (χ1) is 18.0. The van der Waals surface area contributed by atoms with Gasteiger partial charge in [-0.15, -0.1) is 0 Å². The zero-order valence-electron chi connectivity index (χ0n) is 20.2. The van der Waals surface area contributed by atoms with E-state index in [0.717, 1.165) is 5.56 Å². The van der Waals surface area contributed by atoms with Crippen LogP contribution in [-0.4, -0.2) is 42.7 Å². The van der Waals surface area contributed by atoms with Gasteiger partial charge in [-0.25, -0.2) is 0 Å². The Bertz CT molecular complexity index is 1410. The van der Waals surface area contributed by atoms with Crippen LogP contribution in [0, 0.1) is 11.3 Å². The maximum absolute atomic E-state index is 13.6. The van der Waals surface area contributed by atoms with E-state index in [1.807, 2.05) is 24.3 Å². The monoisotopic (exact) mass is 513 g/mol. The summed E-state index contributed by atoms with van der Waals surface area (Å²) in [5, 5.41) is 9.51.